The number of hydrogen-bond donors (Lipinski definition) is 0. The smallest absolute Gasteiger partial charge is 0.416 e. The molecule has 0 N–H and O–H groups in total. The van der Waals surface area contributed by atoms with Crippen LogP contribution in [0.3, 0.4) is 0 Å². The molecule has 0 aromatic heterocycles. The number of anilines is 3. The van der Waals surface area contributed by atoms with E-state index in [-0.39, 0.29) is 24.0 Å². The van der Waals surface area contributed by atoms with Crippen LogP contribution in [0.2, 0.25) is 0 Å². The molecule has 2 heterocycles. The van der Waals surface area contributed by atoms with Crippen molar-refractivity contribution in [2.45, 2.75) is 62.0 Å². The molecule has 0 saturated heterocycles. The van der Waals surface area contributed by atoms with E-state index >= 15 is 0 Å². The van der Waals surface area contributed by atoms with E-state index in [1.54, 1.807) is 0 Å². The van der Waals surface area contributed by atoms with Gasteiger partial charge in [0.15, 0.2) is 5.75 Å². The molecule has 4 atom stereocenters. The second-order valence-electron chi connectivity index (χ2n) is 17.5. The number of halogens is 6. The summed E-state index contributed by atoms with van der Waals surface area (Å²) >= 11 is 0. The van der Waals surface area contributed by atoms with E-state index < -0.39 is 28.9 Å². The van der Waals surface area contributed by atoms with Crippen molar-refractivity contribution < 1.29 is 35.8 Å². The number of allylic oxidation sites excluding steroid dienone is 6. The maximum atomic E-state index is 15.0. The van der Waals surface area contributed by atoms with Crippen LogP contribution in [0.5, 0.6) is 11.5 Å². The summed E-state index contributed by atoms with van der Waals surface area (Å²) in [5.41, 5.74) is 6.62. The molecule has 1 fully saturated rings. The third-order valence-electron chi connectivity index (χ3n) is 14.4. The van der Waals surface area contributed by atoms with Crippen LogP contribution in [-0.2, 0) is 17.8 Å². The largest absolute Gasteiger partial charge is 0.482 e. The molecule has 10 heteroatoms. The number of fused-ring (bicyclic) bond motifs is 14. The standard InChI is InChI=1S/C52H36F6N2O2/c53-51(54,55)28-17-20-31-32-21-18-29(52(56,57)58)24-37(32)50(36(31)23-28)38-25-30(59-40-9-1-5-13-45(40)61-46-14-6-2-10-41(46)59)19-22-33(38)49-35-26-34(35)44(27-39(49)50)60-42-11-3-7-15-47(42)62-48-16-8-4-12-43(48)60/h1,3-9,11-15,17-25,34-35,44,48H,2,10,16,26-27H2. The molecule has 5 aromatic rings. The van der Waals surface area contributed by atoms with Crippen LogP contribution in [0, 0.1) is 11.8 Å². The summed E-state index contributed by atoms with van der Waals surface area (Å²) in [6.07, 6.45) is 4.07. The van der Waals surface area contributed by atoms with E-state index in [2.05, 4.69) is 46.2 Å². The summed E-state index contributed by atoms with van der Waals surface area (Å²) in [6.45, 7) is 0. The average Bonchev–Trinajstić information content (AvgIpc) is 3.95. The molecule has 2 aliphatic heterocycles. The van der Waals surface area contributed by atoms with Crippen LogP contribution in [-0.4, -0.2) is 12.1 Å². The van der Waals surface area contributed by atoms with Crippen LogP contribution < -0.4 is 19.3 Å². The fourth-order valence-electron chi connectivity index (χ4n) is 11.9. The third kappa shape index (κ3) is 4.86. The van der Waals surface area contributed by atoms with Gasteiger partial charge < -0.3 is 19.3 Å². The molecule has 4 unspecified atom stereocenters. The zero-order valence-corrected chi connectivity index (χ0v) is 33.0. The molecular weight excluding hydrogens is 799 g/mol. The molecule has 4 nitrogen and oxygen atoms in total. The van der Waals surface area contributed by atoms with Crippen molar-refractivity contribution in [3.05, 3.63) is 190 Å². The first-order valence-corrected chi connectivity index (χ1v) is 21.2. The Balaban J connectivity index is 1.09. The van der Waals surface area contributed by atoms with Gasteiger partial charge in [-0.25, -0.2) is 0 Å². The fraction of sp³-hybridized carbons (Fsp3) is 0.231. The van der Waals surface area contributed by atoms with Crippen molar-refractivity contribution in [1.29, 1.82) is 0 Å². The van der Waals surface area contributed by atoms with Crippen molar-refractivity contribution in [3.8, 4) is 22.6 Å². The van der Waals surface area contributed by atoms with Gasteiger partial charge in [0.2, 0.25) is 0 Å². The molecule has 62 heavy (non-hydrogen) atoms. The Kier molecular flexibility index (Phi) is 7.23. The fourth-order valence-corrected chi connectivity index (χ4v) is 11.9. The molecule has 308 valence electrons. The minimum Gasteiger partial charge on any atom is -0.482 e. The van der Waals surface area contributed by atoms with Crippen LogP contribution in [0.15, 0.2) is 156 Å². The highest BCUT2D eigenvalue weighted by atomic mass is 19.4. The Hall–Kier alpha value is -6.42. The maximum absolute atomic E-state index is 15.0. The van der Waals surface area contributed by atoms with Crippen molar-refractivity contribution in [3.63, 3.8) is 0 Å². The highest BCUT2D eigenvalue weighted by Gasteiger charge is 2.63. The van der Waals surface area contributed by atoms with Gasteiger partial charge in [0, 0.05) is 18.2 Å². The minimum atomic E-state index is -4.69. The summed E-state index contributed by atoms with van der Waals surface area (Å²) in [5, 5.41) is 0. The molecule has 1 spiro atoms. The molecule has 6 aliphatic carbocycles. The van der Waals surface area contributed by atoms with Gasteiger partial charge in [-0.3, -0.25) is 0 Å². The van der Waals surface area contributed by atoms with Crippen LogP contribution in [0.1, 0.15) is 65.5 Å². The molecule has 1 saturated carbocycles. The van der Waals surface area contributed by atoms with E-state index in [1.165, 1.54) is 24.3 Å². The van der Waals surface area contributed by atoms with Crippen molar-refractivity contribution in [1.82, 2.24) is 0 Å². The van der Waals surface area contributed by atoms with Crippen LogP contribution in [0.4, 0.5) is 43.4 Å². The number of rotatable bonds is 2. The first kappa shape index (κ1) is 36.3. The monoisotopic (exact) mass is 834 g/mol. The number of alkyl halides is 6. The Morgan fingerprint density at radius 1 is 0.694 bits per heavy atom. The summed E-state index contributed by atoms with van der Waals surface area (Å²) in [4.78, 5) is 4.54. The topological polar surface area (TPSA) is 24.9 Å². The van der Waals surface area contributed by atoms with E-state index in [9.17, 15) is 26.3 Å². The van der Waals surface area contributed by atoms with Crippen LogP contribution in [0.25, 0.3) is 16.7 Å². The summed E-state index contributed by atoms with van der Waals surface area (Å²) < 4.78 is 103. The zero-order valence-electron chi connectivity index (χ0n) is 33.0. The quantitative estimate of drug-likeness (QED) is 0.165. The molecule has 8 aliphatic rings. The lowest BCUT2D eigenvalue weighted by Gasteiger charge is -2.46. The third-order valence-corrected chi connectivity index (χ3v) is 14.4. The van der Waals surface area contributed by atoms with Gasteiger partial charge in [-0.1, -0.05) is 60.7 Å². The number of hydrogen-bond acceptors (Lipinski definition) is 4. The summed E-state index contributed by atoms with van der Waals surface area (Å²) in [6, 6.07) is 29.2. The van der Waals surface area contributed by atoms with Crippen LogP contribution >= 0.6 is 0 Å². The van der Waals surface area contributed by atoms with E-state index in [4.69, 9.17) is 9.47 Å². The normalized spacial score (nSPS) is 24.1. The van der Waals surface area contributed by atoms with Crippen molar-refractivity contribution in [2.75, 3.05) is 9.80 Å². The lowest BCUT2D eigenvalue weighted by molar-refractivity contribution is -0.138. The van der Waals surface area contributed by atoms with Gasteiger partial charge in [-0.05, 0) is 155 Å². The van der Waals surface area contributed by atoms with Gasteiger partial charge >= 0.3 is 12.4 Å². The lowest BCUT2D eigenvalue weighted by atomic mass is 9.66. The second kappa shape index (κ2) is 12.4. The highest BCUT2D eigenvalue weighted by Crippen LogP contribution is 2.71. The van der Waals surface area contributed by atoms with E-state index in [0.717, 1.165) is 75.9 Å². The number of ether oxygens (including phenoxy) is 2. The molecule has 5 aromatic carbocycles. The van der Waals surface area contributed by atoms with Crippen molar-refractivity contribution in [2.24, 2.45) is 11.8 Å². The summed E-state index contributed by atoms with van der Waals surface area (Å²) in [7, 11) is 0. The Morgan fingerprint density at radius 3 is 2.11 bits per heavy atom. The van der Waals surface area contributed by atoms with Gasteiger partial charge in [-0.15, -0.1) is 0 Å². The van der Waals surface area contributed by atoms with E-state index in [0.29, 0.717) is 58.6 Å². The molecule has 0 radical (unpaired) electrons. The molecular formula is C52H36F6N2O2. The minimum absolute atomic E-state index is 0.0481. The summed E-state index contributed by atoms with van der Waals surface area (Å²) in [5.74, 6) is 2.38. The maximum Gasteiger partial charge on any atom is 0.416 e. The first-order chi connectivity index (χ1) is 30.0. The Bertz CT molecular complexity index is 2920. The van der Waals surface area contributed by atoms with Gasteiger partial charge in [0.1, 0.15) is 17.6 Å². The van der Waals surface area contributed by atoms with Gasteiger partial charge in [0.25, 0.3) is 0 Å². The Labute approximate surface area is 353 Å². The predicted octanol–water partition coefficient (Wildman–Crippen LogP) is 13.4. The van der Waals surface area contributed by atoms with Gasteiger partial charge in [-0.2, -0.15) is 26.3 Å². The highest BCUT2D eigenvalue weighted by molar-refractivity contribution is 5.97. The van der Waals surface area contributed by atoms with Gasteiger partial charge in [0.05, 0.1) is 39.3 Å². The first-order valence-electron chi connectivity index (χ1n) is 21.2. The lowest BCUT2D eigenvalue weighted by Crippen LogP contribution is -2.47. The number of para-hydroxylation sites is 4. The Morgan fingerprint density at radius 2 is 1.37 bits per heavy atom. The molecule has 0 bridgehead atoms. The second-order valence-corrected chi connectivity index (χ2v) is 17.5. The van der Waals surface area contributed by atoms with E-state index in [1.807, 2.05) is 60.7 Å². The molecule has 0 amide bonds. The molecule has 13 rings (SSSR count). The van der Waals surface area contributed by atoms with Crippen molar-refractivity contribution >= 4 is 22.6 Å². The SMILES string of the molecule is FC(F)(F)c1ccc2c(c1)C1(C3=C(c4ccc(N5C6=C(C=CCC6)Oc6ccccc65)cc41)C1CC1C(N1C4=CC=CCC4Oc4ccccc41)C3)c1cc(C(F)(F)F)ccc1-2. The average molecular weight is 835 g/mol. The predicted molar refractivity (Wildman–Crippen MR) is 225 cm³/mol. The number of nitrogens with zero attached hydrogens (tertiary/aromatic N) is 2. The number of benzene rings is 5. The zero-order chi connectivity index (χ0) is 41.9.